The molecule has 5 nitrogen and oxygen atoms in total. The Morgan fingerprint density at radius 1 is 1.09 bits per heavy atom. The largest absolute Gasteiger partial charge is 0.497 e. The second-order valence-corrected chi connectivity index (χ2v) is 4.89. The van der Waals surface area contributed by atoms with E-state index >= 15 is 0 Å². The first-order valence-electron chi connectivity index (χ1n) is 6.91. The molecule has 0 aliphatic heterocycles. The molecular formula is C17H19N3O2. The van der Waals surface area contributed by atoms with Crippen LogP contribution in [0.3, 0.4) is 0 Å². The summed E-state index contributed by atoms with van der Waals surface area (Å²) in [6, 6.07) is 17.1. The van der Waals surface area contributed by atoms with Crippen molar-refractivity contribution >= 4 is 11.9 Å². The Morgan fingerprint density at radius 3 is 2.27 bits per heavy atom. The fraction of sp³-hybridized carbons (Fsp3) is 0.176. The Bertz CT molecular complexity index is 647. The van der Waals surface area contributed by atoms with Gasteiger partial charge in [-0.15, -0.1) is 0 Å². The summed E-state index contributed by atoms with van der Waals surface area (Å²) in [7, 11) is 1.60. The number of rotatable bonds is 5. The molecule has 0 bridgehead atoms. The minimum atomic E-state index is -0.435. The number of amides is 1. The minimum absolute atomic E-state index is 0.225. The van der Waals surface area contributed by atoms with Gasteiger partial charge in [0.1, 0.15) is 5.75 Å². The van der Waals surface area contributed by atoms with Gasteiger partial charge in [0.2, 0.25) is 0 Å². The second-order valence-electron chi connectivity index (χ2n) is 4.89. The van der Waals surface area contributed by atoms with Crippen LogP contribution in [0.1, 0.15) is 17.0 Å². The maximum Gasteiger partial charge on any atom is 0.256 e. The van der Waals surface area contributed by atoms with E-state index in [0.29, 0.717) is 6.42 Å². The highest BCUT2D eigenvalue weighted by atomic mass is 16.5. The van der Waals surface area contributed by atoms with Gasteiger partial charge in [0.15, 0.2) is 5.96 Å². The molecule has 0 spiro atoms. The summed E-state index contributed by atoms with van der Waals surface area (Å²) >= 11 is 0. The van der Waals surface area contributed by atoms with Gasteiger partial charge in [0.25, 0.3) is 5.91 Å². The van der Waals surface area contributed by atoms with Gasteiger partial charge < -0.3 is 16.2 Å². The van der Waals surface area contributed by atoms with Crippen LogP contribution in [0.4, 0.5) is 0 Å². The van der Waals surface area contributed by atoms with Gasteiger partial charge in [0, 0.05) is 0 Å². The zero-order valence-electron chi connectivity index (χ0n) is 12.4. The van der Waals surface area contributed by atoms with E-state index in [1.54, 1.807) is 7.11 Å². The van der Waals surface area contributed by atoms with Crippen LogP contribution in [-0.2, 0) is 11.2 Å². The molecule has 0 radical (unpaired) electrons. The smallest absolute Gasteiger partial charge is 0.256 e. The van der Waals surface area contributed by atoms with E-state index in [2.05, 4.69) is 4.99 Å². The van der Waals surface area contributed by atoms with Gasteiger partial charge >= 0.3 is 0 Å². The monoisotopic (exact) mass is 297 g/mol. The van der Waals surface area contributed by atoms with Crippen LogP contribution in [0, 0.1) is 0 Å². The number of aliphatic imine (C=N–C) groups is 1. The third-order valence-electron chi connectivity index (χ3n) is 3.34. The molecule has 2 rings (SSSR count). The highest BCUT2D eigenvalue weighted by molar-refractivity contribution is 5.95. The predicted octanol–water partition coefficient (Wildman–Crippen LogP) is 1.82. The predicted molar refractivity (Wildman–Crippen MR) is 86.7 cm³/mol. The molecule has 0 fully saturated rings. The third kappa shape index (κ3) is 4.09. The van der Waals surface area contributed by atoms with Crippen molar-refractivity contribution in [1.29, 1.82) is 0 Å². The van der Waals surface area contributed by atoms with Crippen molar-refractivity contribution in [2.75, 3.05) is 7.11 Å². The summed E-state index contributed by atoms with van der Waals surface area (Å²) < 4.78 is 5.14. The summed E-state index contributed by atoms with van der Waals surface area (Å²) in [6.07, 6.45) is 0.531. The molecular weight excluding hydrogens is 278 g/mol. The third-order valence-corrected chi connectivity index (χ3v) is 3.34. The first-order valence-corrected chi connectivity index (χ1v) is 6.91. The van der Waals surface area contributed by atoms with E-state index in [-0.39, 0.29) is 11.9 Å². The fourth-order valence-corrected chi connectivity index (χ4v) is 2.24. The van der Waals surface area contributed by atoms with Gasteiger partial charge in [-0.1, -0.05) is 42.5 Å². The fourth-order valence-electron chi connectivity index (χ4n) is 2.24. The van der Waals surface area contributed by atoms with Crippen LogP contribution in [0.2, 0.25) is 0 Å². The number of carbonyl (C=O) groups excluding carboxylic acids is 1. The summed E-state index contributed by atoms with van der Waals surface area (Å²) in [4.78, 5) is 16.0. The highest BCUT2D eigenvalue weighted by Gasteiger charge is 2.21. The lowest BCUT2D eigenvalue weighted by atomic mass is 9.91. The Morgan fingerprint density at radius 2 is 1.73 bits per heavy atom. The molecule has 0 aromatic heterocycles. The number of nitrogens with zero attached hydrogens (tertiary/aromatic N) is 1. The van der Waals surface area contributed by atoms with Crippen molar-refractivity contribution in [3.63, 3.8) is 0 Å². The number of benzene rings is 2. The minimum Gasteiger partial charge on any atom is -0.497 e. The van der Waals surface area contributed by atoms with Crippen LogP contribution in [0.15, 0.2) is 59.6 Å². The Hall–Kier alpha value is -2.82. The summed E-state index contributed by atoms with van der Waals surface area (Å²) in [6.45, 7) is 0. The van der Waals surface area contributed by atoms with Crippen molar-refractivity contribution in [2.45, 2.75) is 12.3 Å². The Kier molecular flexibility index (Phi) is 5.14. The van der Waals surface area contributed by atoms with Crippen molar-refractivity contribution in [3.8, 4) is 5.75 Å². The van der Waals surface area contributed by atoms with E-state index < -0.39 is 5.92 Å². The molecule has 2 aromatic carbocycles. The first-order chi connectivity index (χ1) is 10.6. The van der Waals surface area contributed by atoms with Gasteiger partial charge in [-0.3, -0.25) is 4.79 Å². The summed E-state index contributed by atoms with van der Waals surface area (Å²) in [5, 5.41) is 0. The molecule has 1 atom stereocenters. The lowest BCUT2D eigenvalue weighted by molar-refractivity contribution is -0.119. The molecule has 0 saturated heterocycles. The molecule has 0 saturated carbocycles. The van der Waals surface area contributed by atoms with E-state index in [9.17, 15) is 4.79 Å². The number of ether oxygens (including phenoxy) is 1. The van der Waals surface area contributed by atoms with E-state index in [4.69, 9.17) is 16.2 Å². The van der Waals surface area contributed by atoms with Crippen LogP contribution in [0.25, 0.3) is 0 Å². The summed E-state index contributed by atoms with van der Waals surface area (Å²) in [5.74, 6) is -0.280. The molecule has 0 aliphatic carbocycles. The van der Waals surface area contributed by atoms with E-state index in [0.717, 1.165) is 16.9 Å². The van der Waals surface area contributed by atoms with Gasteiger partial charge in [-0.2, -0.15) is 4.99 Å². The van der Waals surface area contributed by atoms with Crippen molar-refractivity contribution < 1.29 is 9.53 Å². The van der Waals surface area contributed by atoms with Gasteiger partial charge in [-0.25, -0.2) is 0 Å². The first kappa shape index (κ1) is 15.6. The maximum atomic E-state index is 12.3. The number of carbonyl (C=O) groups is 1. The number of hydrogen-bond donors (Lipinski definition) is 2. The molecule has 0 aliphatic rings. The molecule has 2 aromatic rings. The van der Waals surface area contributed by atoms with Crippen LogP contribution in [0.5, 0.6) is 5.75 Å². The van der Waals surface area contributed by atoms with E-state index in [1.165, 1.54) is 0 Å². The molecule has 22 heavy (non-hydrogen) atoms. The standard InChI is InChI=1S/C17H19N3O2/c1-22-14-9-7-13(8-10-14)15(16(21)20-17(18)19)11-12-5-3-2-4-6-12/h2-10,15H,11H2,1H3,(H4,18,19,20,21)/t15-/m1/s1. The van der Waals surface area contributed by atoms with Crippen molar-refractivity contribution in [3.05, 3.63) is 65.7 Å². The SMILES string of the molecule is COc1ccc([C@@H](Cc2ccccc2)C(=O)N=C(N)N)cc1. The number of hydrogen-bond acceptors (Lipinski definition) is 2. The molecule has 1 amide bonds. The Labute approximate surface area is 129 Å². The van der Waals surface area contributed by atoms with Crippen molar-refractivity contribution in [1.82, 2.24) is 0 Å². The van der Waals surface area contributed by atoms with Crippen molar-refractivity contribution in [2.24, 2.45) is 16.5 Å². The number of guanidine groups is 1. The number of methoxy groups -OCH3 is 1. The zero-order chi connectivity index (χ0) is 15.9. The highest BCUT2D eigenvalue weighted by Crippen LogP contribution is 2.24. The second kappa shape index (κ2) is 7.26. The van der Waals surface area contributed by atoms with Gasteiger partial charge in [-0.05, 0) is 29.7 Å². The normalized spacial score (nSPS) is 11.5. The lowest BCUT2D eigenvalue weighted by Crippen LogP contribution is -2.26. The van der Waals surface area contributed by atoms with Crippen LogP contribution in [-0.4, -0.2) is 19.0 Å². The topological polar surface area (TPSA) is 90.7 Å². The quantitative estimate of drug-likeness (QED) is 0.650. The zero-order valence-corrected chi connectivity index (χ0v) is 12.4. The maximum absolute atomic E-state index is 12.3. The molecule has 4 N–H and O–H groups in total. The van der Waals surface area contributed by atoms with E-state index in [1.807, 2.05) is 54.6 Å². The average molecular weight is 297 g/mol. The average Bonchev–Trinajstić information content (AvgIpc) is 2.53. The Balaban J connectivity index is 2.31. The van der Waals surface area contributed by atoms with Crippen LogP contribution < -0.4 is 16.2 Å². The molecule has 5 heteroatoms. The lowest BCUT2D eigenvalue weighted by Gasteiger charge is -2.14. The van der Waals surface area contributed by atoms with Crippen LogP contribution >= 0.6 is 0 Å². The molecule has 0 unspecified atom stereocenters. The molecule has 114 valence electrons. The van der Waals surface area contributed by atoms with Gasteiger partial charge in [0.05, 0.1) is 13.0 Å². The number of nitrogens with two attached hydrogens (primary N) is 2. The summed E-state index contributed by atoms with van der Waals surface area (Å²) in [5.41, 5.74) is 12.6. The molecule has 0 heterocycles.